The van der Waals surface area contributed by atoms with Gasteiger partial charge in [-0.15, -0.1) is 0 Å². The molecule has 0 radical (unpaired) electrons. The molecule has 0 heterocycles. The van der Waals surface area contributed by atoms with Crippen molar-refractivity contribution in [1.82, 2.24) is 15.5 Å². The highest BCUT2D eigenvalue weighted by atomic mass is 16.5. The molecule has 2 amide bonds. The number of nitrogens with one attached hydrogen (secondary N) is 2. The fraction of sp³-hybridized carbons (Fsp3) is 0.833. The Labute approximate surface area is 109 Å². The summed E-state index contributed by atoms with van der Waals surface area (Å²) in [6, 6.07) is 0. The van der Waals surface area contributed by atoms with Gasteiger partial charge in [-0.3, -0.25) is 9.59 Å². The van der Waals surface area contributed by atoms with Crippen molar-refractivity contribution in [2.45, 2.75) is 26.3 Å². The predicted molar refractivity (Wildman–Crippen MR) is 70.3 cm³/mol. The Hall–Kier alpha value is -1.14. The molecule has 106 valence electrons. The second-order valence-corrected chi connectivity index (χ2v) is 5.20. The van der Waals surface area contributed by atoms with Gasteiger partial charge < -0.3 is 20.3 Å². The third-order valence-electron chi connectivity index (χ3n) is 2.20. The molecule has 0 saturated carbocycles. The van der Waals surface area contributed by atoms with E-state index in [0.717, 1.165) is 0 Å². The van der Waals surface area contributed by atoms with Gasteiger partial charge in [0.25, 0.3) is 0 Å². The maximum Gasteiger partial charge on any atom is 0.239 e. The highest BCUT2D eigenvalue weighted by molar-refractivity contribution is 5.85. The fourth-order valence-electron chi connectivity index (χ4n) is 1.13. The molecule has 0 bridgehead atoms. The molecule has 0 saturated heterocycles. The Morgan fingerprint density at radius 3 is 2.39 bits per heavy atom. The Bertz CT molecular complexity index is 274. The average Bonchev–Trinajstić information content (AvgIpc) is 2.25. The lowest BCUT2D eigenvalue weighted by Gasteiger charge is -2.23. The number of likely N-dealkylation sites (N-methyl/N-ethyl adjacent to an activating group) is 1. The largest absolute Gasteiger partial charge is 0.383 e. The maximum absolute atomic E-state index is 11.7. The Balaban J connectivity index is 3.89. The molecule has 0 aromatic heterocycles. The van der Waals surface area contributed by atoms with Gasteiger partial charge in [-0.1, -0.05) is 0 Å². The van der Waals surface area contributed by atoms with Gasteiger partial charge in [0.15, 0.2) is 0 Å². The van der Waals surface area contributed by atoms with Crippen LogP contribution in [0, 0.1) is 0 Å². The molecule has 18 heavy (non-hydrogen) atoms. The van der Waals surface area contributed by atoms with Crippen LogP contribution in [-0.2, 0) is 14.3 Å². The first-order valence-electron chi connectivity index (χ1n) is 6.01. The third kappa shape index (κ3) is 8.95. The number of amides is 2. The van der Waals surface area contributed by atoms with Crippen LogP contribution in [0.5, 0.6) is 0 Å². The standard InChI is InChI=1S/C12H25N3O3/c1-12(2,3)14-8-11(17)15(4)9-10(16)13-6-7-18-5/h14H,6-9H2,1-5H3,(H,13,16). The lowest BCUT2D eigenvalue weighted by Crippen LogP contribution is -2.46. The number of rotatable bonds is 7. The summed E-state index contributed by atoms with van der Waals surface area (Å²) < 4.78 is 4.82. The van der Waals surface area contributed by atoms with Crippen LogP contribution in [0.4, 0.5) is 0 Å². The van der Waals surface area contributed by atoms with Crippen molar-refractivity contribution >= 4 is 11.8 Å². The van der Waals surface area contributed by atoms with E-state index < -0.39 is 0 Å². The van der Waals surface area contributed by atoms with E-state index in [1.807, 2.05) is 20.8 Å². The summed E-state index contributed by atoms with van der Waals surface area (Å²) in [7, 11) is 3.18. The van der Waals surface area contributed by atoms with E-state index in [2.05, 4.69) is 10.6 Å². The zero-order chi connectivity index (χ0) is 14.2. The quantitative estimate of drug-likeness (QED) is 0.610. The van der Waals surface area contributed by atoms with Crippen LogP contribution in [0.25, 0.3) is 0 Å². The van der Waals surface area contributed by atoms with Crippen molar-refractivity contribution in [2.24, 2.45) is 0 Å². The van der Waals surface area contributed by atoms with E-state index in [1.165, 1.54) is 4.90 Å². The average molecular weight is 259 g/mol. The number of hydrogen-bond acceptors (Lipinski definition) is 4. The summed E-state index contributed by atoms with van der Waals surface area (Å²) in [5.74, 6) is -0.287. The molecule has 0 aliphatic rings. The predicted octanol–water partition coefficient (Wildman–Crippen LogP) is -0.404. The van der Waals surface area contributed by atoms with E-state index in [1.54, 1.807) is 14.2 Å². The zero-order valence-electron chi connectivity index (χ0n) is 12.0. The Morgan fingerprint density at radius 1 is 1.28 bits per heavy atom. The number of carbonyl (C=O) groups excluding carboxylic acids is 2. The summed E-state index contributed by atoms with van der Waals surface area (Å²) in [6.07, 6.45) is 0. The van der Waals surface area contributed by atoms with Gasteiger partial charge in [-0.25, -0.2) is 0 Å². The minimum absolute atomic E-state index is 0.0639. The Kier molecular flexibility index (Phi) is 7.54. The van der Waals surface area contributed by atoms with Crippen molar-refractivity contribution in [3.63, 3.8) is 0 Å². The summed E-state index contributed by atoms with van der Waals surface area (Å²) in [6.45, 7) is 7.17. The first-order chi connectivity index (χ1) is 8.26. The van der Waals surface area contributed by atoms with Crippen molar-refractivity contribution in [3.8, 4) is 0 Å². The molecule has 0 rings (SSSR count). The molecule has 6 heteroatoms. The minimum Gasteiger partial charge on any atom is -0.383 e. The second kappa shape index (κ2) is 8.05. The SMILES string of the molecule is COCCNC(=O)CN(C)C(=O)CNC(C)(C)C. The van der Waals surface area contributed by atoms with Gasteiger partial charge in [0.05, 0.1) is 19.7 Å². The lowest BCUT2D eigenvalue weighted by atomic mass is 10.1. The molecule has 0 atom stereocenters. The molecule has 0 spiro atoms. The first-order valence-corrected chi connectivity index (χ1v) is 6.01. The van der Waals surface area contributed by atoms with Crippen molar-refractivity contribution < 1.29 is 14.3 Å². The van der Waals surface area contributed by atoms with Gasteiger partial charge >= 0.3 is 0 Å². The molecule has 6 nitrogen and oxygen atoms in total. The van der Waals surface area contributed by atoms with Gasteiger partial charge in [-0.2, -0.15) is 0 Å². The lowest BCUT2D eigenvalue weighted by molar-refractivity contribution is -0.134. The molecule has 0 aliphatic carbocycles. The van der Waals surface area contributed by atoms with Crippen LogP contribution in [-0.4, -0.2) is 62.7 Å². The number of ether oxygens (including phenoxy) is 1. The molecule has 2 N–H and O–H groups in total. The van der Waals surface area contributed by atoms with E-state index in [9.17, 15) is 9.59 Å². The van der Waals surface area contributed by atoms with E-state index in [0.29, 0.717) is 13.2 Å². The van der Waals surface area contributed by atoms with Gasteiger partial charge in [0.2, 0.25) is 11.8 Å². The number of nitrogens with zero attached hydrogens (tertiary/aromatic N) is 1. The molecule has 0 fully saturated rings. The van der Waals surface area contributed by atoms with Gasteiger partial charge in [0, 0.05) is 26.2 Å². The van der Waals surface area contributed by atoms with Crippen LogP contribution >= 0.6 is 0 Å². The molecule has 0 aliphatic heterocycles. The highest BCUT2D eigenvalue weighted by Gasteiger charge is 2.15. The number of hydrogen-bond donors (Lipinski definition) is 2. The minimum atomic E-state index is -0.182. The third-order valence-corrected chi connectivity index (χ3v) is 2.20. The molecular weight excluding hydrogens is 234 g/mol. The molecule has 0 unspecified atom stereocenters. The summed E-state index contributed by atoms with van der Waals surface area (Å²) in [5.41, 5.74) is -0.114. The van der Waals surface area contributed by atoms with Crippen molar-refractivity contribution in [2.75, 3.05) is 40.4 Å². The van der Waals surface area contributed by atoms with E-state index in [-0.39, 0.29) is 30.4 Å². The number of methoxy groups -OCH3 is 1. The zero-order valence-corrected chi connectivity index (χ0v) is 12.0. The van der Waals surface area contributed by atoms with Crippen molar-refractivity contribution in [1.29, 1.82) is 0 Å². The number of carbonyl (C=O) groups is 2. The second-order valence-electron chi connectivity index (χ2n) is 5.20. The summed E-state index contributed by atoms with van der Waals surface area (Å²) >= 11 is 0. The highest BCUT2D eigenvalue weighted by Crippen LogP contribution is 1.97. The van der Waals surface area contributed by atoms with Crippen LogP contribution in [0.2, 0.25) is 0 Å². The molecule has 0 aromatic carbocycles. The van der Waals surface area contributed by atoms with Crippen molar-refractivity contribution in [3.05, 3.63) is 0 Å². The maximum atomic E-state index is 11.7. The van der Waals surface area contributed by atoms with Gasteiger partial charge in [0.1, 0.15) is 0 Å². The fourth-order valence-corrected chi connectivity index (χ4v) is 1.13. The topological polar surface area (TPSA) is 70.7 Å². The first kappa shape index (κ1) is 16.9. The van der Waals surface area contributed by atoms with E-state index in [4.69, 9.17) is 4.74 Å². The van der Waals surface area contributed by atoms with Crippen LogP contribution in [0.1, 0.15) is 20.8 Å². The summed E-state index contributed by atoms with van der Waals surface area (Å²) in [5, 5.41) is 5.75. The van der Waals surface area contributed by atoms with Crippen LogP contribution in [0.3, 0.4) is 0 Å². The van der Waals surface area contributed by atoms with E-state index >= 15 is 0 Å². The summed E-state index contributed by atoms with van der Waals surface area (Å²) in [4.78, 5) is 24.6. The normalized spacial score (nSPS) is 11.2. The van der Waals surface area contributed by atoms with Crippen LogP contribution < -0.4 is 10.6 Å². The smallest absolute Gasteiger partial charge is 0.239 e. The Morgan fingerprint density at radius 2 is 1.89 bits per heavy atom. The molecule has 0 aromatic rings. The van der Waals surface area contributed by atoms with Crippen LogP contribution in [0.15, 0.2) is 0 Å². The monoisotopic (exact) mass is 259 g/mol. The molecular formula is C12H25N3O3. The van der Waals surface area contributed by atoms with Gasteiger partial charge in [-0.05, 0) is 20.8 Å².